The van der Waals surface area contributed by atoms with Crippen LogP contribution < -0.4 is 0 Å². The molecule has 1 heterocycles. The van der Waals surface area contributed by atoms with Gasteiger partial charge in [-0.15, -0.1) is 0 Å². The van der Waals surface area contributed by atoms with Crippen LogP contribution in [0.1, 0.15) is 25.7 Å². The Hall–Kier alpha value is -1.87. The molecule has 1 aliphatic heterocycles. The standard InChI is InChI=1S/C14H19N3O3/c1-19-14(18)12(10-15)16-11-4-2-3-5-13(11)17-6-8-20-9-7-17/h2-9H2,1H3. The summed E-state index contributed by atoms with van der Waals surface area (Å²) in [5, 5.41) is 9.02. The lowest BCUT2D eigenvalue weighted by Crippen LogP contribution is -2.36. The fraction of sp³-hybridized carbons (Fsp3) is 0.643. The highest BCUT2D eigenvalue weighted by atomic mass is 16.5. The molecular formula is C14H19N3O3. The Balaban J connectivity index is 2.28. The van der Waals surface area contributed by atoms with Crippen molar-refractivity contribution in [2.24, 2.45) is 4.99 Å². The van der Waals surface area contributed by atoms with Crippen molar-refractivity contribution in [2.75, 3.05) is 33.4 Å². The third-order valence-electron chi connectivity index (χ3n) is 3.53. The first-order valence-electron chi connectivity index (χ1n) is 6.88. The number of aliphatic imine (C=N–C) groups is 1. The van der Waals surface area contributed by atoms with E-state index >= 15 is 0 Å². The van der Waals surface area contributed by atoms with E-state index in [4.69, 9.17) is 10.00 Å². The predicted octanol–water partition coefficient (Wildman–Crippen LogP) is 1.24. The molecule has 0 atom stereocenters. The minimum absolute atomic E-state index is 0.171. The number of carbonyl (C=O) groups is 1. The van der Waals surface area contributed by atoms with Gasteiger partial charge in [0, 0.05) is 18.8 Å². The van der Waals surface area contributed by atoms with Crippen LogP contribution in [-0.4, -0.2) is 50.0 Å². The molecular weight excluding hydrogens is 258 g/mol. The number of carbonyl (C=O) groups excluding carboxylic acids is 1. The number of morpholine rings is 1. The van der Waals surface area contributed by atoms with Crippen molar-refractivity contribution in [1.29, 1.82) is 5.26 Å². The van der Waals surface area contributed by atoms with Gasteiger partial charge in [-0.3, -0.25) is 0 Å². The number of esters is 1. The molecule has 0 saturated carbocycles. The quantitative estimate of drug-likeness (QED) is 0.573. The summed E-state index contributed by atoms with van der Waals surface area (Å²) >= 11 is 0. The second-order valence-electron chi connectivity index (χ2n) is 4.76. The lowest BCUT2D eigenvalue weighted by molar-refractivity contribution is -0.132. The predicted molar refractivity (Wildman–Crippen MR) is 73.0 cm³/mol. The molecule has 1 fully saturated rings. The Morgan fingerprint density at radius 1 is 1.35 bits per heavy atom. The van der Waals surface area contributed by atoms with E-state index in [2.05, 4.69) is 14.6 Å². The van der Waals surface area contributed by atoms with Crippen LogP contribution in [0, 0.1) is 11.3 Å². The maximum atomic E-state index is 11.5. The minimum Gasteiger partial charge on any atom is -0.464 e. The van der Waals surface area contributed by atoms with E-state index in [0.29, 0.717) is 13.2 Å². The van der Waals surface area contributed by atoms with Gasteiger partial charge in [0.15, 0.2) is 0 Å². The van der Waals surface area contributed by atoms with E-state index in [1.54, 1.807) is 0 Å². The summed E-state index contributed by atoms with van der Waals surface area (Å²) in [6.07, 6.45) is 3.89. The molecule has 20 heavy (non-hydrogen) atoms. The molecule has 2 aliphatic rings. The zero-order chi connectivity index (χ0) is 14.4. The zero-order valence-electron chi connectivity index (χ0n) is 11.7. The second-order valence-corrected chi connectivity index (χ2v) is 4.76. The summed E-state index contributed by atoms with van der Waals surface area (Å²) < 4.78 is 9.93. The Morgan fingerprint density at radius 3 is 2.70 bits per heavy atom. The van der Waals surface area contributed by atoms with Gasteiger partial charge in [-0.1, -0.05) is 0 Å². The number of nitrogens with zero attached hydrogens (tertiary/aromatic N) is 3. The second kappa shape index (κ2) is 7.06. The molecule has 6 heteroatoms. The van der Waals surface area contributed by atoms with E-state index in [9.17, 15) is 4.79 Å². The third kappa shape index (κ3) is 3.36. The van der Waals surface area contributed by atoms with Crippen LogP contribution >= 0.6 is 0 Å². The maximum absolute atomic E-state index is 11.5. The van der Waals surface area contributed by atoms with Crippen LogP contribution in [0.4, 0.5) is 0 Å². The fourth-order valence-corrected chi connectivity index (χ4v) is 2.52. The highest BCUT2D eigenvalue weighted by Crippen LogP contribution is 2.29. The van der Waals surface area contributed by atoms with Crippen LogP contribution in [0.5, 0.6) is 0 Å². The van der Waals surface area contributed by atoms with Gasteiger partial charge in [0.05, 0.1) is 26.0 Å². The highest BCUT2D eigenvalue weighted by Gasteiger charge is 2.22. The number of hydrogen-bond donors (Lipinski definition) is 0. The van der Waals surface area contributed by atoms with Gasteiger partial charge < -0.3 is 14.4 Å². The summed E-state index contributed by atoms with van der Waals surface area (Å²) in [5.41, 5.74) is 1.83. The summed E-state index contributed by atoms with van der Waals surface area (Å²) in [6, 6.07) is 1.82. The van der Waals surface area contributed by atoms with Gasteiger partial charge in [0.25, 0.3) is 0 Å². The average Bonchev–Trinajstić information content (AvgIpc) is 2.53. The lowest BCUT2D eigenvalue weighted by Gasteiger charge is -2.34. The van der Waals surface area contributed by atoms with E-state index in [1.165, 1.54) is 7.11 Å². The number of nitriles is 1. The highest BCUT2D eigenvalue weighted by molar-refractivity contribution is 6.43. The molecule has 0 aromatic rings. The van der Waals surface area contributed by atoms with Crippen molar-refractivity contribution in [3.05, 3.63) is 11.4 Å². The summed E-state index contributed by atoms with van der Waals surface area (Å²) in [5.74, 6) is -0.674. The molecule has 0 radical (unpaired) electrons. The SMILES string of the molecule is COC(=O)C(C#N)=NC1=C(N2CCOCC2)CCCC1. The van der Waals surface area contributed by atoms with Crippen LogP contribution in [0.15, 0.2) is 16.4 Å². The molecule has 0 bridgehead atoms. The van der Waals surface area contributed by atoms with Gasteiger partial charge in [-0.05, 0) is 25.7 Å². The van der Waals surface area contributed by atoms with Gasteiger partial charge in [-0.25, -0.2) is 9.79 Å². The average molecular weight is 277 g/mol. The van der Waals surface area contributed by atoms with Gasteiger partial charge in [0.1, 0.15) is 6.07 Å². The maximum Gasteiger partial charge on any atom is 0.367 e. The molecule has 0 spiro atoms. The van der Waals surface area contributed by atoms with Crippen molar-refractivity contribution in [1.82, 2.24) is 4.90 Å². The summed E-state index contributed by atoms with van der Waals surface area (Å²) in [7, 11) is 1.26. The van der Waals surface area contributed by atoms with Crippen LogP contribution in [0.2, 0.25) is 0 Å². The minimum atomic E-state index is -0.674. The Labute approximate surface area is 118 Å². The van der Waals surface area contributed by atoms with Gasteiger partial charge >= 0.3 is 5.97 Å². The fourth-order valence-electron chi connectivity index (χ4n) is 2.52. The lowest BCUT2D eigenvalue weighted by atomic mass is 10.00. The summed E-state index contributed by atoms with van der Waals surface area (Å²) in [4.78, 5) is 18.0. The normalized spacial score (nSPS) is 20.6. The number of allylic oxidation sites excluding steroid dienone is 2. The Morgan fingerprint density at radius 2 is 2.05 bits per heavy atom. The van der Waals surface area contributed by atoms with Crippen molar-refractivity contribution >= 4 is 11.7 Å². The van der Waals surface area contributed by atoms with Crippen LogP contribution in [-0.2, 0) is 14.3 Å². The Kier molecular flexibility index (Phi) is 5.13. The zero-order valence-corrected chi connectivity index (χ0v) is 11.7. The molecule has 108 valence electrons. The van der Waals surface area contributed by atoms with Crippen LogP contribution in [0.3, 0.4) is 0 Å². The molecule has 6 nitrogen and oxygen atoms in total. The monoisotopic (exact) mass is 277 g/mol. The molecule has 1 saturated heterocycles. The van der Waals surface area contributed by atoms with Gasteiger partial charge in [0.2, 0.25) is 5.71 Å². The molecule has 0 aromatic carbocycles. The molecule has 0 unspecified atom stereocenters. The van der Waals surface area contributed by atoms with Crippen molar-refractivity contribution in [3.63, 3.8) is 0 Å². The number of ether oxygens (including phenoxy) is 2. The first kappa shape index (κ1) is 14.5. The molecule has 0 aromatic heterocycles. The van der Waals surface area contributed by atoms with Crippen molar-refractivity contribution < 1.29 is 14.3 Å². The van der Waals surface area contributed by atoms with E-state index in [1.807, 2.05) is 6.07 Å². The smallest absolute Gasteiger partial charge is 0.367 e. The number of hydrogen-bond acceptors (Lipinski definition) is 6. The molecule has 0 N–H and O–H groups in total. The first-order valence-corrected chi connectivity index (χ1v) is 6.88. The number of methoxy groups -OCH3 is 1. The topological polar surface area (TPSA) is 74.9 Å². The van der Waals surface area contributed by atoms with E-state index in [0.717, 1.165) is 50.2 Å². The first-order chi connectivity index (χ1) is 9.76. The summed E-state index contributed by atoms with van der Waals surface area (Å²) in [6.45, 7) is 3.11. The van der Waals surface area contributed by atoms with Crippen molar-refractivity contribution in [2.45, 2.75) is 25.7 Å². The number of rotatable bonds is 3. The largest absolute Gasteiger partial charge is 0.464 e. The van der Waals surface area contributed by atoms with Crippen LogP contribution in [0.25, 0.3) is 0 Å². The van der Waals surface area contributed by atoms with Gasteiger partial charge in [-0.2, -0.15) is 5.26 Å². The van der Waals surface area contributed by atoms with E-state index < -0.39 is 5.97 Å². The van der Waals surface area contributed by atoms with E-state index in [-0.39, 0.29) is 5.71 Å². The molecule has 0 amide bonds. The molecule has 1 aliphatic carbocycles. The Bertz CT molecular complexity index is 471. The van der Waals surface area contributed by atoms with Crippen molar-refractivity contribution in [3.8, 4) is 6.07 Å². The molecule has 2 rings (SSSR count). The third-order valence-corrected chi connectivity index (χ3v) is 3.53.